The minimum Gasteiger partial charge on any atom is -0.361 e. The second-order valence-corrected chi connectivity index (χ2v) is 4.52. The third kappa shape index (κ3) is 2.77. The van der Waals surface area contributed by atoms with E-state index in [4.69, 9.17) is 0 Å². The molecule has 2 rings (SSSR count). The van der Waals surface area contributed by atoms with Crippen LogP contribution in [-0.2, 0) is 4.79 Å². The smallest absolute Gasteiger partial charge is 0.239 e. The van der Waals surface area contributed by atoms with Crippen LogP contribution < -0.4 is 10.6 Å². The Labute approximate surface area is 105 Å². The first kappa shape index (κ1) is 12.3. The number of hydrogen-bond donors (Lipinski definition) is 2. The first-order valence-electron chi connectivity index (χ1n) is 5.90. The highest BCUT2D eigenvalue weighted by molar-refractivity contribution is 5.80. The van der Waals surface area contributed by atoms with Gasteiger partial charge in [0.1, 0.15) is 12.1 Å². The first-order chi connectivity index (χ1) is 8.56. The zero-order valence-electron chi connectivity index (χ0n) is 10.8. The predicted molar refractivity (Wildman–Crippen MR) is 69.5 cm³/mol. The van der Waals surface area contributed by atoms with Gasteiger partial charge in [0.15, 0.2) is 5.65 Å². The third-order valence-electron chi connectivity index (χ3n) is 2.40. The van der Waals surface area contributed by atoms with E-state index in [1.807, 2.05) is 32.9 Å². The largest absolute Gasteiger partial charge is 0.361 e. The van der Waals surface area contributed by atoms with Crippen molar-refractivity contribution in [3.05, 3.63) is 24.0 Å². The molecule has 0 aromatic carbocycles. The number of anilines is 1. The zero-order valence-corrected chi connectivity index (χ0v) is 10.8. The molecule has 0 aliphatic heterocycles. The van der Waals surface area contributed by atoms with Gasteiger partial charge in [0.05, 0.1) is 6.54 Å². The molecule has 0 aliphatic rings. The Balaban J connectivity index is 2.11. The van der Waals surface area contributed by atoms with Gasteiger partial charge in [-0.2, -0.15) is 9.61 Å². The number of amides is 1. The van der Waals surface area contributed by atoms with Gasteiger partial charge in [-0.3, -0.25) is 4.79 Å². The van der Waals surface area contributed by atoms with Crippen molar-refractivity contribution in [2.24, 2.45) is 0 Å². The van der Waals surface area contributed by atoms with Crippen molar-refractivity contribution in [3.63, 3.8) is 0 Å². The molecule has 0 saturated heterocycles. The average Bonchev–Trinajstić information content (AvgIpc) is 2.72. The lowest BCUT2D eigenvalue weighted by Crippen LogP contribution is -2.35. The van der Waals surface area contributed by atoms with Gasteiger partial charge in [-0.15, -0.1) is 0 Å². The molecule has 6 heteroatoms. The van der Waals surface area contributed by atoms with Gasteiger partial charge in [-0.25, -0.2) is 4.98 Å². The van der Waals surface area contributed by atoms with Gasteiger partial charge in [-0.1, -0.05) is 0 Å². The monoisotopic (exact) mass is 247 g/mol. The topological polar surface area (TPSA) is 71.3 Å². The molecule has 2 heterocycles. The lowest BCUT2D eigenvalue weighted by molar-refractivity contribution is -0.119. The van der Waals surface area contributed by atoms with E-state index in [-0.39, 0.29) is 18.5 Å². The van der Waals surface area contributed by atoms with E-state index in [0.717, 1.165) is 17.0 Å². The Morgan fingerprint density at radius 2 is 2.22 bits per heavy atom. The molecule has 0 atom stereocenters. The summed E-state index contributed by atoms with van der Waals surface area (Å²) in [4.78, 5) is 15.7. The normalized spacial score (nSPS) is 10.9. The summed E-state index contributed by atoms with van der Waals surface area (Å²) in [7, 11) is 0. The van der Waals surface area contributed by atoms with E-state index in [1.165, 1.54) is 6.33 Å². The van der Waals surface area contributed by atoms with Gasteiger partial charge < -0.3 is 10.6 Å². The fourth-order valence-electron chi connectivity index (χ4n) is 1.73. The fraction of sp³-hybridized carbons (Fsp3) is 0.417. The highest BCUT2D eigenvalue weighted by Crippen LogP contribution is 2.12. The van der Waals surface area contributed by atoms with Crippen molar-refractivity contribution in [2.75, 3.05) is 11.9 Å². The molecule has 2 N–H and O–H groups in total. The summed E-state index contributed by atoms with van der Waals surface area (Å²) in [5.74, 6) is 0.723. The molecule has 6 nitrogen and oxygen atoms in total. The van der Waals surface area contributed by atoms with Gasteiger partial charge in [0, 0.05) is 6.04 Å². The van der Waals surface area contributed by atoms with Gasteiger partial charge in [0.25, 0.3) is 0 Å². The first-order valence-corrected chi connectivity index (χ1v) is 5.90. The number of aryl methyl sites for hydroxylation is 1. The lowest BCUT2D eigenvalue weighted by Gasteiger charge is -2.11. The standard InChI is InChI=1S/C12H17N5O/c1-8(2)16-12(18)6-13-10-4-9(3)5-11-14-7-15-17(10)11/h4-5,7-8,13H,6H2,1-3H3,(H,16,18). The second-order valence-electron chi connectivity index (χ2n) is 4.52. The summed E-state index contributed by atoms with van der Waals surface area (Å²) in [6.45, 7) is 6.06. The molecule has 2 aromatic heterocycles. The van der Waals surface area contributed by atoms with Crippen molar-refractivity contribution >= 4 is 17.4 Å². The van der Waals surface area contributed by atoms with Gasteiger partial charge in [-0.05, 0) is 38.5 Å². The molecule has 2 aromatic rings. The SMILES string of the molecule is Cc1cc(NCC(=O)NC(C)C)n2ncnc2c1. The van der Waals surface area contributed by atoms with Crippen LogP contribution in [0.4, 0.5) is 5.82 Å². The summed E-state index contributed by atoms with van der Waals surface area (Å²) in [5.41, 5.74) is 1.84. The summed E-state index contributed by atoms with van der Waals surface area (Å²) >= 11 is 0. The highest BCUT2D eigenvalue weighted by atomic mass is 16.1. The average molecular weight is 247 g/mol. The van der Waals surface area contributed by atoms with Crippen LogP contribution in [0.5, 0.6) is 0 Å². The molecule has 96 valence electrons. The number of aromatic nitrogens is 3. The molecular weight excluding hydrogens is 230 g/mol. The van der Waals surface area contributed by atoms with Crippen LogP contribution in [0, 0.1) is 6.92 Å². The molecule has 0 unspecified atom stereocenters. The zero-order chi connectivity index (χ0) is 13.1. The number of fused-ring (bicyclic) bond motifs is 1. The van der Waals surface area contributed by atoms with Crippen LogP contribution in [0.15, 0.2) is 18.5 Å². The number of rotatable bonds is 4. The highest BCUT2D eigenvalue weighted by Gasteiger charge is 2.06. The summed E-state index contributed by atoms with van der Waals surface area (Å²) in [5, 5.41) is 10.0. The van der Waals surface area contributed by atoms with Crippen molar-refractivity contribution < 1.29 is 4.79 Å². The van der Waals surface area contributed by atoms with Gasteiger partial charge in [0.2, 0.25) is 5.91 Å². The second kappa shape index (κ2) is 5.03. The minimum atomic E-state index is -0.0419. The van der Waals surface area contributed by atoms with Crippen molar-refractivity contribution in [2.45, 2.75) is 26.8 Å². The van der Waals surface area contributed by atoms with E-state index < -0.39 is 0 Å². The Morgan fingerprint density at radius 3 is 2.94 bits per heavy atom. The maximum Gasteiger partial charge on any atom is 0.239 e. The number of nitrogens with zero attached hydrogens (tertiary/aromatic N) is 3. The quantitative estimate of drug-likeness (QED) is 0.844. The Bertz CT molecular complexity index is 561. The van der Waals surface area contributed by atoms with Crippen LogP contribution in [0.25, 0.3) is 5.65 Å². The molecule has 0 radical (unpaired) electrons. The summed E-state index contributed by atoms with van der Waals surface area (Å²) in [6.07, 6.45) is 1.49. The van der Waals surface area contributed by atoms with Crippen LogP contribution in [0.1, 0.15) is 19.4 Å². The third-order valence-corrected chi connectivity index (χ3v) is 2.40. The predicted octanol–water partition coefficient (Wildman–Crippen LogP) is 0.974. The maximum absolute atomic E-state index is 11.6. The summed E-state index contributed by atoms with van der Waals surface area (Å²) < 4.78 is 1.68. The van der Waals surface area contributed by atoms with E-state index in [2.05, 4.69) is 20.7 Å². The molecular formula is C12H17N5O. The van der Waals surface area contributed by atoms with Crippen molar-refractivity contribution in [1.82, 2.24) is 19.9 Å². The van der Waals surface area contributed by atoms with Crippen LogP contribution in [0.2, 0.25) is 0 Å². The van der Waals surface area contributed by atoms with Crippen LogP contribution in [-0.4, -0.2) is 33.1 Å². The van der Waals surface area contributed by atoms with Gasteiger partial charge >= 0.3 is 0 Å². The fourth-order valence-corrected chi connectivity index (χ4v) is 1.73. The Hall–Kier alpha value is -2.11. The number of carbonyl (C=O) groups is 1. The molecule has 0 saturated carbocycles. The Morgan fingerprint density at radius 1 is 1.44 bits per heavy atom. The van der Waals surface area contributed by atoms with E-state index >= 15 is 0 Å². The molecule has 1 amide bonds. The Kier molecular flexibility index (Phi) is 3.45. The molecule has 18 heavy (non-hydrogen) atoms. The van der Waals surface area contributed by atoms with Crippen LogP contribution >= 0.6 is 0 Å². The van der Waals surface area contributed by atoms with E-state index in [0.29, 0.717) is 0 Å². The molecule has 0 fully saturated rings. The molecule has 0 bridgehead atoms. The lowest BCUT2D eigenvalue weighted by atomic mass is 10.3. The minimum absolute atomic E-state index is 0.0419. The maximum atomic E-state index is 11.6. The number of carbonyl (C=O) groups excluding carboxylic acids is 1. The number of pyridine rings is 1. The molecule has 0 aliphatic carbocycles. The van der Waals surface area contributed by atoms with E-state index in [9.17, 15) is 4.79 Å². The molecule has 0 spiro atoms. The number of nitrogens with one attached hydrogen (secondary N) is 2. The summed E-state index contributed by atoms with van der Waals surface area (Å²) in [6, 6.07) is 4.01. The van der Waals surface area contributed by atoms with E-state index in [1.54, 1.807) is 4.52 Å². The van der Waals surface area contributed by atoms with Crippen molar-refractivity contribution in [3.8, 4) is 0 Å². The number of hydrogen-bond acceptors (Lipinski definition) is 4. The van der Waals surface area contributed by atoms with Crippen LogP contribution in [0.3, 0.4) is 0 Å². The van der Waals surface area contributed by atoms with Crippen molar-refractivity contribution in [1.29, 1.82) is 0 Å².